The molecule has 1 heterocycles. The molecule has 1 N–H and O–H groups in total. The van der Waals surface area contributed by atoms with Gasteiger partial charge in [-0.25, -0.2) is 4.39 Å². The molecule has 1 aromatic rings. The lowest BCUT2D eigenvalue weighted by atomic mass is 9.94. The SMILES string of the molecule is CCOC(=O)C1([C@@H]2N[C@H](C=Cc3ccccc3)C[C@@H]2F)CC1. The van der Waals surface area contributed by atoms with Gasteiger partial charge in [-0.15, -0.1) is 0 Å². The maximum Gasteiger partial charge on any atom is 0.313 e. The minimum atomic E-state index is -1.00. The lowest BCUT2D eigenvalue weighted by molar-refractivity contribution is -0.151. The van der Waals surface area contributed by atoms with E-state index < -0.39 is 17.6 Å². The zero-order valence-corrected chi connectivity index (χ0v) is 12.8. The van der Waals surface area contributed by atoms with Gasteiger partial charge in [-0.3, -0.25) is 4.79 Å². The summed E-state index contributed by atoms with van der Waals surface area (Å²) in [6.45, 7) is 2.13. The highest BCUT2D eigenvalue weighted by molar-refractivity contribution is 5.81. The molecule has 1 aliphatic heterocycles. The van der Waals surface area contributed by atoms with E-state index in [4.69, 9.17) is 4.74 Å². The lowest BCUT2D eigenvalue weighted by Crippen LogP contribution is -2.44. The van der Waals surface area contributed by atoms with E-state index in [0.717, 1.165) is 18.4 Å². The normalized spacial score (nSPS) is 29.6. The van der Waals surface area contributed by atoms with E-state index in [-0.39, 0.29) is 12.0 Å². The molecule has 2 fully saturated rings. The molecule has 0 amide bonds. The molecule has 1 saturated carbocycles. The Hall–Kier alpha value is -1.68. The van der Waals surface area contributed by atoms with Crippen molar-refractivity contribution in [1.29, 1.82) is 0 Å². The van der Waals surface area contributed by atoms with Gasteiger partial charge >= 0.3 is 5.97 Å². The fraction of sp³-hybridized carbons (Fsp3) is 0.500. The number of ether oxygens (including phenoxy) is 1. The number of hydrogen-bond donors (Lipinski definition) is 1. The molecule has 118 valence electrons. The van der Waals surface area contributed by atoms with E-state index >= 15 is 0 Å². The minimum Gasteiger partial charge on any atom is -0.466 e. The molecule has 0 unspecified atom stereocenters. The number of halogens is 1. The first-order valence-corrected chi connectivity index (χ1v) is 7.96. The average molecular weight is 303 g/mol. The third kappa shape index (κ3) is 2.93. The summed E-state index contributed by atoms with van der Waals surface area (Å²) in [6, 6.07) is 9.48. The van der Waals surface area contributed by atoms with Gasteiger partial charge in [-0.05, 0) is 31.7 Å². The van der Waals surface area contributed by atoms with E-state index in [9.17, 15) is 9.18 Å². The summed E-state index contributed by atoms with van der Waals surface area (Å²) >= 11 is 0. The van der Waals surface area contributed by atoms with Crippen LogP contribution in [0.1, 0.15) is 31.7 Å². The first kappa shape index (κ1) is 15.2. The molecular formula is C18H22FNO2. The van der Waals surface area contributed by atoms with Gasteiger partial charge in [0.15, 0.2) is 0 Å². The second-order valence-electron chi connectivity index (χ2n) is 6.15. The Balaban J connectivity index is 1.65. The molecule has 3 atom stereocenters. The van der Waals surface area contributed by atoms with Crippen LogP contribution in [0.25, 0.3) is 6.08 Å². The minimum absolute atomic E-state index is 0.0351. The lowest BCUT2D eigenvalue weighted by Gasteiger charge is -2.23. The molecule has 1 aliphatic carbocycles. The Bertz CT molecular complexity index is 553. The number of nitrogens with one attached hydrogen (secondary N) is 1. The Morgan fingerprint density at radius 1 is 1.41 bits per heavy atom. The molecule has 3 nitrogen and oxygen atoms in total. The van der Waals surface area contributed by atoms with Crippen molar-refractivity contribution in [3.63, 3.8) is 0 Å². The highest BCUT2D eigenvalue weighted by Gasteiger charge is 2.61. The van der Waals surface area contributed by atoms with E-state index in [1.807, 2.05) is 42.5 Å². The molecule has 4 heteroatoms. The fourth-order valence-electron chi connectivity index (χ4n) is 3.26. The topological polar surface area (TPSA) is 38.3 Å². The molecular weight excluding hydrogens is 281 g/mol. The fourth-order valence-corrected chi connectivity index (χ4v) is 3.26. The predicted molar refractivity (Wildman–Crippen MR) is 84.0 cm³/mol. The van der Waals surface area contributed by atoms with E-state index in [1.54, 1.807) is 6.92 Å². The highest BCUT2D eigenvalue weighted by Crippen LogP contribution is 2.53. The van der Waals surface area contributed by atoms with E-state index in [2.05, 4.69) is 5.32 Å². The van der Waals surface area contributed by atoms with Gasteiger partial charge in [-0.1, -0.05) is 42.5 Å². The predicted octanol–water partition coefficient (Wildman–Crippen LogP) is 3.11. The van der Waals surface area contributed by atoms with Crippen LogP contribution in [-0.4, -0.2) is 30.8 Å². The quantitative estimate of drug-likeness (QED) is 0.849. The van der Waals surface area contributed by atoms with Crippen molar-refractivity contribution in [2.45, 2.75) is 44.4 Å². The number of benzene rings is 1. The molecule has 2 aliphatic rings. The van der Waals surface area contributed by atoms with Crippen LogP contribution >= 0.6 is 0 Å². The summed E-state index contributed by atoms with van der Waals surface area (Å²) in [5.41, 5.74) is 0.458. The Morgan fingerprint density at radius 3 is 2.77 bits per heavy atom. The second kappa shape index (κ2) is 6.21. The van der Waals surface area contributed by atoms with Gasteiger partial charge in [0, 0.05) is 6.04 Å². The van der Waals surface area contributed by atoms with Crippen molar-refractivity contribution in [1.82, 2.24) is 5.32 Å². The van der Waals surface area contributed by atoms with Crippen LogP contribution < -0.4 is 5.32 Å². The summed E-state index contributed by atoms with van der Waals surface area (Å²) in [6.07, 6.45) is 4.84. The largest absolute Gasteiger partial charge is 0.466 e. The standard InChI is InChI=1S/C18H22FNO2/c1-2-22-17(21)18(10-11-18)16-15(19)12-14(20-16)9-8-13-6-4-3-5-7-13/h3-9,14-16,20H,2,10-12H2,1H3/t14-,15+,16-/m1/s1. The van der Waals surface area contributed by atoms with Crippen molar-refractivity contribution in [3.8, 4) is 0 Å². The van der Waals surface area contributed by atoms with Crippen molar-refractivity contribution in [2.24, 2.45) is 5.41 Å². The monoisotopic (exact) mass is 303 g/mol. The number of rotatable bonds is 5. The summed E-state index contributed by atoms with van der Waals surface area (Å²) in [5, 5.41) is 3.29. The molecule has 3 rings (SSSR count). The maximum absolute atomic E-state index is 14.4. The zero-order chi connectivity index (χ0) is 15.6. The average Bonchev–Trinajstić information content (AvgIpc) is 3.25. The Labute approximate surface area is 130 Å². The van der Waals surface area contributed by atoms with Crippen LogP contribution in [0.3, 0.4) is 0 Å². The second-order valence-corrected chi connectivity index (χ2v) is 6.15. The Kier molecular flexibility index (Phi) is 4.30. The number of esters is 1. The van der Waals surface area contributed by atoms with Gasteiger partial charge in [-0.2, -0.15) is 0 Å². The third-order valence-electron chi connectivity index (χ3n) is 4.62. The van der Waals surface area contributed by atoms with Gasteiger partial charge in [0.2, 0.25) is 0 Å². The highest BCUT2D eigenvalue weighted by atomic mass is 19.1. The third-order valence-corrected chi connectivity index (χ3v) is 4.62. The van der Waals surface area contributed by atoms with Crippen molar-refractivity contribution >= 4 is 12.0 Å². The van der Waals surface area contributed by atoms with Crippen LogP contribution in [0.15, 0.2) is 36.4 Å². The van der Waals surface area contributed by atoms with Crippen molar-refractivity contribution in [2.75, 3.05) is 6.61 Å². The summed E-state index contributed by atoms with van der Waals surface area (Å²) in [5.74, 6) is -0.247. The first-order chi connectivity index (χ1) is 10.7. The van der Waals surface area contributed by atoms with Crippen LogP contribution in [0.5, 0.6) is 0 Å². The van der Waals surface area contributed by atoms with Crippen LogP contribution in [-0.2, 0) is 9.53 Å². The van der Waals surface area contributed by atoms with Crippen LogP contribution in [0, 0.1) is 5.41 Å². The van der Waals surface area contributed by atoms with Crippen molar-refractivity contribution < 1.29 is 13.9 Å². The summed E-state index contributed by atoms with van der Waals surface area (Å²) in [7, 11) is 0. The number of alkyl halides is 1. The molecule has 22 heavy (non-hydrogen) atoms. The molecule has 0 bridgehead atoms. The maximum atomic E-state index is 14.4. The number of carbonyl (C=O) groups excluding carboxylic acids is 1. The summed E-state index contributed by atoms with van der Waals surface area (Å²) < 4.78 is 19.5. The molecule has 0 spiro atoms. The van der Waals surface area contributed by atoms with Gasteiger partial charge < -0.3 is 10.1 Å². The first-order valence-electron chi connectivity index (χ1n) is 7.96. The molecule has 0 aromatic heterocycles. The van der Waals surface area contributed by atoms with Gasteiger partial charge in [0.05, 0.1) is 18.1 Å². The number of hydrogen-bond acceptors (Lipinski definition) is 3. The molecule has 1 saturated heterocycles. The van der Waals surface area contributed by atoms with Crippen molar-refractivity contribution in [3.05, 3.63) is 42.0 Å². The molecule has 0 radical (unpaired) electrons. The molecule has 1 aromatic carbocycles. The van der Waals surface area contributed by atoms with E-state index in [0.29, 0.717) is 13.0 Å². The Morgan fingerprint density at radius 2 is 2.14 bits per heavy atom. The van der Waals surface area contributed by atoms with Gasteiger partial charge in [0.25, 0.3) is 0 Å². The van der Waals surface area contributed by atoms with Crippen LogP contribution in [0.4, 0.5) is 4.39 Å². The van der Waals surface area contributed by atoms with Gasteiger partial charge in [0.1, 0.15) is 6.17 Å². The van der Waals surface area contributed by atoms with Crippen LogP contribution in [0.2, 0.25) is 0 Å². The zero-order valence-electron chi connectivity index (χ0n) is 12.8. The van der Waals surface area contributed by atoms with E-state index in [1.165, 1.54) is 0 Å². The smallest absolute Gasteiger partial charge is 0.313 e. The summed E-state index contributed by atoms with van der Waals surface area (Å²) in [4.78, 5) is 12.1. The number of carbonyl (C=O) groups is 1.